The Hall–Kier alpha value is -3.11. The molecule has 0 aliphatic carbocycles. The number of halogens is 1. The zero-order valence-corrected chi connectivity index (χ0v) is 18.2. The van der Waals surface area contributed by atoms with Gasteiger partial charge in [-0.2, -0.15) is 4.99 Å². The van der Waals surface area contributed by atoms with Gasteiger partial charge in [-0.05, 0) is 48.9 Å². The van der Waals surface area contributed by atoms with Crippen LogP contribution in [0.15, 0.2) is 58.0 Å². The van der Waals surface area contributed by atoms with Gasteiger partial charge >= 0.3 is 5.97 Å². The van der Waals surface area contributed by atoms with Gasteiger partial charge in [0.15, 0.2) is 4.80 Å². The van der Waals surface area contributed by atoms with Crippen molar-refractivity contribution in [2.45, 2.75) is 13.5 Å². The molecule has 0 radical (unpaired) electrons. The van der Waals surface area contributed by atoms with Crippen molar-refractivity contribution < 1.29 is 19.2 Å². The summed E-state index contributed by atoms with van der Waals surface area (Å²) in [6.45, 7) is 1.92. The Morgan fingerprint density at radius 3 is 2.67 bits per heavy atom. The first kappa shape index (κ1) is 21.6. The van der Waals surface area contributed by atoms with E-state index in [2.05, 4.69) is 20.9 Å². The Bertz CT molecular complexity index is 1210. The van der Waals surface area contributed by atoms with Gasteiger partial charge in [0.1, 0.15) is 6.54 Å². The van der Waals surface area contributed by atoms with Crippen molar-refractivity contribution >= 4 is 61.1 Å². The molecular weight excluding hydrogens is 474 g/mol. The Balaban J connectivity index is 1.92. The molecule has 2 aromatic carbocycles. The topological polar surface area (TPSA) is 104 Å². The van der Waals surface area contributed by atoms with Crippen LogP contribution in [0.3, 0.4) is 0 Å². The van der Waals surface area contributed by atoms with E-state index >= 15 is 0 Å². The number of esters is 1. The number of nitro groups is 1. The molecular formula is C20H16BrN3O5S. The highest BCUT2D eigenvalue weighted by atomic mass is 79.9. The Labute approximate surface area is 183 Å². The van der Waals surface area contributed by atoms with Gasteiger partial charge in [-0.25, -0.2) is 0 Å². The maximum atomic E-state index is 12.4. The Morgan fingerprint density at radius 2 is 2.00 bits per heavy atom. The van der Waals surface area contributed by atoms with Crippen molar-refractivity contribution in [3.05, 3.63) is 73.5 Å². The average molecular weight is 490 g/mol. The molecule has 154 valence electrons. The molecule has 0 saturated heterocycles. The molecule has 0 aliphatic rings. The van der Waals surface area contributed by atoms with Crippen LogP contribution in [-0.4, -0.2) is 28.0 Å². The first-order chi connectivity index (χ1) is 14.4. The Morgan fingerprint density at radius 1 is 1.27 bits per heavy atom. The summed E-state index contributed by atoms with van der Waals surface area (Å²) in [5.41, 5.74) is 1.37. The van der Waals surface area contributed by atoms with Crippen molar-refractivity contribution in [2.75, 3.05) is 6.61 Å². The van der Waals surface area contributed by atoms with Crippen molar-refractivity contribution in [1.82, 2.24) is 4.57 Å². The number of hydrogen-bond acceptors (Lipinski definition) is 6. The van der Waals surface area contributed by atoms with Crippen LogP contribution >= 0.6 is 27.3 Å². The van der Waals surface area contributed by atoms with Gasteiger partial charge in [0.2, 0.25) is 0 Å². The number of nitro benzene ring substituents is 1. The molecule has 0 aliphatic heterocycles. The van der Waals surface area contributed by atoms with Gasteiger partial charge in [-0.15, -0.1) is 0 Å². The molecule has 3 rings (SSSR count). The van der Waals surface area contributed by atoms with Crippen LogP contribution in [-0.2, 0) is 20.9 Å². The lowest BCUT2D eigenvalue weighted by molar-refractivity contribution is -0.384. The second-order valence-electron chi connectivity index (χ2n) is 6.02. The summed E-state index contributed by atoms with van der Waals surface area (Å²) in [4.78, 5) is 39.1. The SMILES string of the molecule is CCOC(=O)Cn1c(=NC(=O)C=Cc2ccc([N+](=O)[O-])cc2)sc2cc(Br)ccc21. The first-order valence-electron chi connectivity index (χ1n) is 8.83. The molecule has 3 aromatic rings. The molecule has 1 aromatic heterocycles. The standard InChI is InChI=1S/C20H16BrN3O5S/c1-2-29-19(26)12-23-16-9-6-14(21)11-17(16)30-20(23)22-18(25)10-5-13-3-7-15(8-4-13)24(27)28/h3-11H,2,12H2,1H3. The summed E-state index contributed by atoms with van der Waals surface area (Å²) in [6, 6.07) is 11.4. The lowest BCUT2D eigenvalue weighted by Gasteiger charge is -2.04. The van der Waals surface area contributed by atoms with E-state index in [1.807, 2.05) is 18.2 Å². The highest BCUT2D eigenvalue weighted by molar-refractivity contribution is 9.10. The molecule has 10 heteroatoms. The number of thiazole rings is 1. The van der Waals surface area contributed by atoms with Crippen molar-refractivity contribution in [3.8, 4) is 0 Å². The van der Waals surface area contributed by atoms with Crippen LogP contribution in [0.2, 0.25) is 0 Å². The van der Waals surface area contributed by atoms with E-state index in [1.54, 1.807) is 23.6 Å². The quantitative estimate of drug-likeness (QED) is 0.224. The van der Waals surface area contributed by atoms with E-state index in [-0.39, 0.29) is 18.8 Å². The molecule has 0 N–H and O–H groups in total. The van der Waals surface area contributed by atoms with Crippen molar-refractivity contribution in [2.24, 2.45) is 4.99 Å². The van der Waals surface area contributed by atoms with Gasteiger partial charge < -0.3 is 9.30 Å². The summed E-state index contributed by atoms with van der Waals surface area (Å²) in [6.07, 6.45) is 2.80. The molecule has 0 atom stereocenters. The van der Waals surface area contributed by atoms with Crippen LogP contribution in [0.1, 0.15) is 12.5 Å². The molecule has 0 fully saturated rings. The maximum absolute atomic E-state index is 12.4. The van der Waals surface area contributed by atoms with E-state index in [0.29, 0.717) is 10.4 Å². The number of benzene rings is 2. The fourth-order valence-electron chi connectivity index (χ4n) is 2.63. The number of fused-ring (bicyclic) bond motifs is 1. The van der Waals surface area contributed by atoms with E-state index in [1.165, 1.54) is 35.6 Å². The van der Waals surface area contributed by atoms with Gasteiger partial charge in [-0.1, -0.05) is 27.3 Å². The van der Waals surface area contributed by atoms with Gasteiger partial charge in [0.25, 0.3) is 11.6 Å². The summed E-state index contributed by atoms with van der Waals surface area (Å²) < 4.78 is 8.40. The van der Waals surface area contributed by atoms with Crippen LogP contribution in [0.25, 0.3) is 16.3 Å². The third-order valence-electron chi connectivity index (χ3n) is 3.97. The van der Waals surface area contributed by atoms with Crippen LogP contribution in [0.4, 0.5) is 5.69 Å². The number of carbonyl (C=O) groups excluding carboxylic acids is 2. The maximum Gasteiger partial charge on any atom is 0.326 e. The smallest absolute Gasteiger partial charge is 0.326 e. The van der Waals surface area contributed by atoms with E-state index in [0.717, 1.165) is 14.7 Å². The number of non-ortho nitro benzene ring substituents is 1. The number of nitrogens with zero attached hydrogens (tertiary/aromatic N) is 3. The number of ether oxygens (including phenoxy) is 1. The third-order valence-corrected chi connectivity index (χ3v) is 5.50. The Kier molecular flexibility index (Phi) is 6.91. The largest absolute Gasteiger partial charge is 0.465 e. The highest BCUT2D eigenvalue weighted by Gasteiger charge is 2.12. The highest BCUT2D eigenvalue weighted by Crippen LogP contribution is 2.22. The van der Waals surface area contributed by atoms with Crippen molar-refractivity contribution in [1.29, 1.82) is 0 Å². The zero-order valence-electron chi connectivity index (χ0n) is 15.8. The van der Waals surface area contributed by atoms with E-state index < -0.39 is 16.8 Å². The molecule has 1 amide bonds. The van der Waals surface area contributed by atoms with Crippen molar-refractivity contribution in [3.63, 3.8) is 0 Å². The summed E-state index contributed by atoms with van der Waals surface area (Å²) in [5.74, 6) is -0.938. The molecule has 0 bridgehead atoms. The van der Waals surface area contributed by atoms with Crippen LogP contribution < -0.4 is 4.80 Å². The van der Waals surface area contributed by atoms with E-state index in [4.69, 9.17) is 4.74 Å². The van der Waals surface area contributed by atoms with Crippen LogP contribution in [0.5, 0.6) is 0 Å². The molecule has 0 unspecified atom stereocenters. The molecule has 8 nitrogen and oxygen atoms in total. The number of hydrogen-bond donors (Lipinski definition) is 0. The summed E-state index contributed by atoms with van der Waals surface area (Å²) in [5, 5.41) is 10.7. The van der Waals surface area contributed by atoms with E-state index in [9.17, 15) is 19.7 Å². The third kappa shape index (κ3) is 5.28. The second kappa shape index (κ2) is 9.59. The molecule has 0 saturated carbocycles. The van der Waals surface area contributed by atoms with Gasteiger partial charge in [-0.3, -0.25) is 19.7 Å². The number of aromatic nitrogens is 1. The van der Waals surface area contributed by atoms with Gasteiger partial charge in [0.05, 0.1) is 21.7 Å². The predicted octanol–water partition coefficient (Wildman–Crippen LogP) is 4.08. The fraction of sp³-hybridized carbons (Fsp3) is 0.150. The van der Waals surface area contributed by atoms with Crippen LogP contribution in [0, 0.1) is 10.1 Å². The second-order valence-corrected chi connectivity index (χ2v) is 7.94. The minimum absolute atomic E-state index is 0.0281. The zero-order chi connectivity index (χ0) is 21.7. The monoisotopic (exact) mass is 489 g/mol. The number of rotatable bonds is 6. The minimum Gasteiger partial charge on any atom is -0.465 e. The number of amides is 1. The summed E-state index contributed by atoms with van der Waals surface area (Å²) in [7, 11) is 0. The lowest BCUT2D eigenvalue weighted by atomic mass is 10.2. The molecule has 30 heavy (non-hydrogen) atoms. The fourth-order valence-corrected chi connectivity index (χ4v) is 4.21. The average Bonchev–Trinajstić information content (AvgIpc) is 3.02. The number of carbonyl (C=O) groups is 2. The summed E-state index contributed by atoms with van der Waals surface area (Å²) >= 11 is 4.69. The van der Waals surface area contributed by atoms with Gasteiger partial charge in [0, 0.05) is 22.7 Å². The normalized spacial score (nSPS) is 11.9. The minimum atomic E-state index is -0.517. The first-order valence-corrected chi connectivity index (χ1v) is 10.4. The molecule has 0 spiro atoms. The molecule has 1 heterocycles. The lowest BCUT2D eigenvalue weighted by Crippen LogP contribution is -2.22. The predicted molar refractivity (Wildman–Crippen MR) is 117 cm³/mol.